The number of nitrogens with zero attached hydrogens (tertiary/aromatic N) is 5. The summed E-state index contributed by atoms with van der Waals surface area (Å²) in [4.78, 5) is 4.21. The molecule has 0 saturated heterocycles. The summed E-state index contributed by atoms with van der Waals surface area (Å²) >= 11 is 0. The van der Waals surface area contributed by atoms with E-state index in [0.29, 0.717) is 5.69 Å². The van der Waals surface area contributed by atoms with Crippen LogP contribution in [0.25, 0.3) is 17.3 Å². The minimum absolute atomic E-state index is 0.0497. The highest BCUT2D eigenvalue weighted by molar-refractivity contribution is 7.89. The van der Waals surface area contributed by atoms with E-state index in [2.05, 4.69) is 25.2 Å². The van der Waals surface area contributed by atoms with Crippen molar-refractivity contribution in [3.8, 4) is 17.3 Å². The van der Waals surface area contributed by atoms with Gasteiger partial charge >= 0.3 is 0 Å². The maximum Gasteiger partial charge on any atom is 0.280 e. The van der Waals surface area contributed by atoms with Crippen LogP contribution in [0.4, 0.5) is 4.39 Å². The Morgan fingerprint density at radius 2 is 1.78 bits per heavy atom. The summed E-state index contributed by atoms with van der Waals surface area (Å²) in [6.07, 6.45) is 0. The predicted octanol–water partition coefficient (Wildman–Crippen LogP) is 3.37. The van der Waals surface area contributed by atoms with Gasteiger partial charge in [0, 0.05) is 0 Å². The van der Waals surface area contributed by atoms with Crippen molar-refractivity contribution in [3.63, 3.8) is 0 Å². The zero-order valence-corrected chi connectivity index (χ0v) is 18.5. The van der Waals surface area contributed by atoms with Crippen molar-refractivity contribution < 1.29 is 17.3 Å². The second kappa shape index (κ2) is 8.60. The standard InChI is InChI=1S/C21H21FN6O3S/c1-13(2)20-19(25-27-28(20)16-8-4-14(3)5-9-16)21-24-18(26-31-21)12-23-32(29,30)17-10-6-15(22)7-11-17/h4-11,13,23H,12H2,1-3H3. The fourth-order valence-corrected chi connectivity index (χ4v) is 4.09. The Labute approximate surface area is 184 Å². The van der Waals surface area contributed by atoms with Gasteiger partial charge < -0.3 is 4.52 Å². The molecule has 166 valence electrons. The molecule has 2 heterocycles. The van der Waals surface area contributed by atoms with Crippen LogP contribution in [0, 0.1) is 12.7 Å². The van der Waals surface area contributed by atoms with Crippen molar-refractivity contribution >= 4 is 10.0 Å². The van der Waals surface area contributed by atoms with Crippen molar-refractivity contribution in [2.75, 3.05) is 0 Å². The van der Waals surface area contributed by atoms with Gasteiger partial charge in [-0.3, -0.25) is 0 Å². The van der Waals surface area contributed by atoms with Crippen molar-refractivity contribution in [2.45, 2.75) is 38.1 Å². The molecule has 0 aliphatic carbocycles. The molecule has 4 aromatic rings. The summed E-state index contributed by atoms with van der Waals surface area (Å²) in [5.74, 6) is -0.201. The van der Waals surface area contributed by atoms with E-state index in [-0.39, 0.29) is 29.1 Å². The molecule has 2 aromatic heterocycles. The van der Waals surface area contributed by atoms with Gasteiger partial charge in [-0.15, -0.1) is 5.10 Å². The zero-order valence-electron chi connectivity index (χ0n) is 17.7. The van der Waals surface area contributed by atoms with Crippen LogP contribution in [-0.4, -0.2) is 33.6 Å². The molecule has 0 atom stereocenters. The molecule has 0 amide bonds. The molecule has 1 N–H and O–H groups in total. The summed E-state index contributed by atoms with van der Waals surface area (Å²) in [6, 6.07) is 12.4. The van der Waals surface area contributed by atoms with Gasteiger partial charge in [0.2, 0.25) is 10.0 Å². The van der Waals surface area contributed by atoms with Gasteiger partial charge in [0.25, 0.3) is 5.89 Å². The minimum Gasteiger partial charge on any atom is -0.332 e. The molecule has 0 aliphatic heterocycles. The molecule has 0 unspecified atom stereocenters. The lowest BCUT2D eigenvalue weighted by Gasteiger charge is -2.10. The molecule has 11 heteroatoms. The van der Waals surface area contributed by atoms with Crippen LogP contribution in [0.15, 0.2) is 57.9 Å². The van der Waals surface area contributed by atoms with Crippen LogP contribution in [0.1, 0.15) is 36.8 Å². The van der Waals surface area contributed by atoms with Crippen molar-refractivity contribution in [1.82, 2.24) is 29.9 Å². The maximum atomic E-state index is 13.0. The number of aryl methyl sites for hydroxylation is 1. The van der Waals surface area contributed by atoms with E-state index in [0.717, 1.165) is 29.1 Å². The lowest BCUT2D eigenvalue weighted by molar-refractivity contribution is 0.420. The van der Waals surface area contributed by atoms with Crippen LogP contribution in [-0.2, 0) is 16.6 Å². The number of sulfonamides is 1. The lowest BCUT2D eigenvalue weighted by Crippen LogP contribution is -2.23. The van der Waals surface area contributed by atoms with Gasteiger partial charge in [0.1, 0.15) is 5.82 Å². The third-order valence-corrected chi connectivity index (χ3v) is 6.16. The van der Waals surface area contributed by atoms with E-state index in [1.807, 2.05) is 45.0 Å². The van der Waals surface area contributed by atoms with Crippen LogP contribution in [0.2, 0.25) is 0 Å². The Balaban J connectivity index is 1.57. The molecule has 0 saturated carbocycles. The number of aromatic nitrogens is 5. The van der Waals surface area contributed by atoms with E-state index < -0.39 is 15.8 Å². The average molecular weight is 457 g/mol. The average Bonchev–Trinajstić information content (AvgIpc) is 3.40. The highest BCUT2D eigenvalue weighted by Gasteiger charge is 2.24. The molecule has 9 nitrogen and oxygen atoms in total. The Bertz CT molecular complexity index is 1330. The Morgan fingerprint density at radius 1 is 1.09 bits per heavy atom. The zero-order chi connectivity index (χ0) is 22.9. The third-order valence-electron chi connectivity index (χ3n) is 4.75. The van der Waals surface area contributed by atoms with Gasteiger partial charge in [-0.1, -0.05) is 41.9 Å². The fourth-order valence-electron chi connectivity index (χ4n) is 3.11. The topological polar surface area (TPSA) is 116 Å². The quantitative estimate of drug-likeness (QED) is 0.453. The van der Waals surface area contributed by atoms with Crippen LogP contribution in [0.5, 0.6) is 0 Å². The molecule has 0 fully saturated rings. The summed E-state index contributed by atoms with van der Waals surface area (Å²) in [5.41, 5.74) is 3.20. The van der Waals surface area contributed by atoms with E-state index >= 15 is 0 Å². The van der Waals surface area contributed by atoms with E-state index in [9.17, 15) is 12.8 Å². The maximum absolute atomic E-state index is 13.0. The molecule has 32 heavy (non-hydrogen) atoms. The Morgan fingerprint density at radius 3 is 2.44 bits per heavy atom. The molecule has 2 aromatic carbocycles. The number of benzene rings is 2. The summed E-state index contributed by atoms with van der Waals surface area (Å²) in [7, 11) is -3.86. The fraction of sp³-hybridized carbons (Fsp3) is 0.238. The molecule has 0 bridgehead atoms. The number of hydrogen-bond acceptors (Lipinski definition) is 7. The van der Waals surface area contributed by atoms with Crippen LogP contribution < -0.4 is 4.72 Å². The molecular formula is C21H21FN6O3S. The van der Waals surface area contributed by atoms with E-state index in [4.69, 9.17) is 4.52 Å². The van der Waals surface area contributed by atoms with Gasteiger partial charge in [0.15, 0.2) is 11.5 Å². The van der Waals surface area contributed by atoms with Crippen LogP contribution in [0.3, 0.4) is 0 Å². The monoisotopic (exact) mass is 456 g/mol. The van der Waals surface area contributed by atoms with Gasteiger partial charge in [0.05, 0.1) is 22.8 Å². The summed E-state index contributed by atoms with van der Waals surface area (Å²) in [6.45, 7) is 5.80. The Kier molecular flexibility index (Phi) is 5.85. The number of halogens is 1. The van der Waals surface area contributed by atoms with Crippen molar-refractivity contribution in [1.29, 1.82) is 0 Å². The molecule has 0 radical (unpaired) electrons. The van der Waals surface area contributed by atoms with E-state index in [1.54, 1.807) is 4.68 Å². The summed E-state index contributed by atoms with van der Waals surface area (Å²) < 4.78 is 47.2. The van der Waals surface area contributed by atoms with Crippen molar-refractivity contribution in [2.24, 2.45) is 0 Å². The van der Waals surface area contributed by atoms with Crippen LogP contribution >= 0.6 is 0 Å². The SMILES string of the molecule is Cc1ccc(-n2nnc(-c3nc(CNS(=O)(=O)c4ccc(F)cc4)no3)c2C(C)C)cc1. The van der Waals surface area contributed by atoms with Gasteiger partial charge in [-0.2, -0.15) is 4.98 Å². The second-order valence-electron chi connectivity index (χ2n) is 7.52. The van der Waals surface area contributed by atoms with Gasteiger partial charge in [-0.25, -0.2) is 22.2 Å². The molecule has 0 aliphatic rings. The highest BCUT2D eigenvalue weighted by Crippen LogP contribution is 2.28. The molecule has 4 rings (SSSR count). The number of hydrogen-bond donors (Lipinski definition) is 1. The number of rotatable bonds is 7. The Hall–Kier alpha value is -3.44. The number of nitrogens with one attached hydrogen (secondary N) is 1. The molecule has 0 spiro atoms. The molecular weight excluding hydrogens is 435 g/mol. The van der Waals surface area contributed by atoms with Crippen molar-refractivity contribution in [3.05, 3.63) is 71.4 Å². The normalized spacial score (nSPS) is 11.9. The lowest BCUT2D eigenvalue weighted by atomic mass is 10.1. The first kappa shape index (κ1) is 21.8. The first-order valence-electron chi connectivity index (χ1n) is 9.85. The first-order chi connectivity index (χ1) is 15.2. The third kappa shape index (κ3) is 4.43. The first-order valence-corrected chi connectivity index (χ1v) is 11.3. The second-order valence-corrected chi connectivity index (χ2v) is 9.29. The summed E-state index contributed by atoms with van der Waals surface area (Å²) in [5, 5.41) is 12.3. The minimum atomic E-state index is -3.86. The predicted molar refractivity (Wildman–Crippen MR) is 114 cm³/mol. The smallest absolute Gasteiger partial charge is 0.280 e. The van der Waals surface area contributed by atoms with Gasteiger partial charge in [-0.05, 0) is 49.2 Å². The van der Waals surface area contributed by atoms with E-state index in [1.165, 1.54) is 12.1 Å². The highest BCUT2D eigenvalue weighted by atomic mass is 32.2. The largest absolute Gasteiger partial charge is 0.332 e.